The fraction of sp³-hybridized carbons (Fsp3) is 0.333. The zero-order valence-corrected chi connectivity index (χ0v) is 18.0. The molecule has 2 aliphatic heterocycles. The number of hydrogen-bond acceptors (Lipinski definition) is 4. The maximum Gasteiger partial charge on any atom is 0.335 e. The topological polar surface area (TPSA) is 58.6 Å². The number of halogens is 1. The van der Waals surface area contributed by atoms with Crippen LogP contribution in [0.1, 0.15) is 30.9 Å². The molecular formula is C24H25ClN2O3. The molecule has 0 aliphatic carbocycles. The first-order chi connectivity index (χ1) is 14.4. The number of esters is 1. The third-order valence-electron chi connectivity index (χ3n) is 6.01. The maximum atomic E-state index is 13.2. The third-order valence-corrected chi connectivity index (χ3v) is 6.25. The Labute approximate surface area is 181 Å². The first kappa shape index (κ1) is 20.6. The number of nitrogens with zero attached hydrogens (tertiary/aromatic N) is 1. The number of nitrogens with one attached hydrogen (secondary N) is 1. The Morgan fingerprint density at radius 3 is 2.53 bits per heavy atom. The van der Waals surface area contributed by atoms with Crippen LogP contribution in [0.3, 0.4) is 0 Å². The molecule has 1 amide bonds. The molecule has 0 atom stereocenters. The molecule has 0 bridgehead atoms. The van der Waals surface area contributed by atoms with E-state index in [4.69, 9.17) is 16.3 Å². The van der Waals surface area contributed by atoms with Crippen molar-refractivity contribution >= 4 is 29.2 Å². The maximum absolute atomic E-state index is 13.2. The molecule has 0 aromatic heterocycles. The number of carbonyl (C=O) groups is 2. The number of anilines is 1. The quantitative estimate of drug-likeness (QED) is 0.734. The zero-order valence-electron chi connectivity index (χ0n) is 17.2. The Balaban J connectivity index is 1.51. The number of amides is 1. The summed E-state index contributed by atoms with van der Waals surface area (Å²) in [5.41, 5.74) is 2.78. The number of benzene rings is 2. The highest BCUT2D eigenvalue weighted by Gasteiger charge is 2.50. The molecule has 30 heavy (non-hydrogen) atoms. The molecule has 2 aliphatic rings. The molecule has 0 radical (unpaired) electrons. The number of aryl methyl sites for hydroxylation is 1. The molecule has 4 rings (SSSR count). The van der Waals surface area contributed by atoms with Crippen LogP contribution < -0.4 is 5.32 Å². The lowest BCUT2D eigenvalue weighted by Crippen LogP contribution is -2.47. The minimum Gasteiger partial charge on any atom is -0.450 e. The van der Waals surface area contributed by atoms with Gasteiger partial charge in [0.1, 0.15) is 5.60 Å². The van der Waals surface area contributed by atoms with E-state index in [1.54, 1.807) is 19.1 Å². The number of hydrogen-bond donors (Lipinski definition) is 1. The van der Waals surface area contributed by atoms with Gasteiger partial charge in [-0.25, -0.2) is 4.79 Å². The summed E-state index contributed by atoms with van der Waals surface area (Å²) < 4.78 is 5.80. The molecule has 6 heteroatoms. The highest BCUT2D eigenvalue weighted by Crippen LogP contribution is 2.42. The van der Waals surface area contributed by atoms with Crippen LogP contribution in [-0.4, -0.2) is 35.5 Å². The van der Waals surface area contributed by atoms with E-state index < -0.39 is 11.6 Å². The SMILES string of the molecule is CC1=C(C(=O)Nc2cc(Cl)ccc2C)C2(CCN(Cc3ccccc3)CC2)OC1=O. The Morgan fingerprint density at radius 2 is 1.83 bits per heavy atom. The van der Waals surface area contributed by atoms with Crippen molar-refractivity contribution in [3.05, 3.63) is 75.8 Å². The summed E-state index contributed by atoms with van der Waals surface area (Å²) in [5, 5.41) is 3.49. The smallest absolute Gasteiger partial charge is 0.335 e. The van der Waals surface area contributed by atoms with Crippen molar-refractivity contribution in [1.82, 2.24) is 4.90 Å². The molecule has 0 unspecified atom stereocenters. The Morgan fingerprint density at radius 1 is 1.13 bits per heavy atom. The second-order valence-electron chi connectivity index (χ2n) is 8.06. The summed E-state index contributed by atoms with van der Waals surface area (Å²) >= 11 is 6.09. The number of piperidine rings is 1. The number of rotatable bonds is 4. The molecule has 5 nitrogen and oxygen atoms in total. The average Bonchev–Trinajstić information content (AvgIpc) is 2.97. The average molecular weight is 425 g/mol. The minimum absolute atomic E-state index is 0.291. The predicted molar refractivity (Wildman–Crippen MR) is 117 cm³/mol. The van der Waals surface area contributed by atoms with Crippen molar-refractivity contribution in [3.63, 3.8) is 0 Å². The third kappa shape index (κ3) is 4.00. The lowest BCUT2D eigenvalue weighted by atomic mass is 9.82. The van der Waals surface area contributed by atoms with Crippen molar-refractivity contribution in [1.29, 1.82) is 0 Å². The number of ether oxygens (including phenoxy) is 1. The van der Waals surface area contributed by atoms with E-state index in [0.29, 0.717) is 34.7 Å². The second kappa shape index (κ2) is 8.25. The summed E-state index contributed by atoms with van der Waals surface area (Å²) in [5.74, 6) is -0.695. The first-order valence-electron chi connectivity index (χ1n) is 10.2. The van der Waals surface area contributed by atoms with E-state index in [1.807, 2.05) is 31.2 Å². The monoisotopic (exact) mass is 424 g/mol. The molecular weight excluding hydrogens is 400 g/mol. The van der Waals surface area contributed by atoms with Crippen LogP contribution in [-0.2, 0) is 20.9 Å². The molecule has 2 aromatic carbocycles. The van der Waals surface area contributed by atoms with E-state index in [0.717, 1.165) is 25.2 Å². The van der Waals surface area contributed by atoms with Crippen molar-refractivity contribution < 1.29 is 14.3 Å². The van der Waals surface area contributed by atoms with Crippen LogP contribution in [0.25, 0.3) is 0 Å². The van der Waals surface area contributed by atoms with Crippen molar-refractivity contribution in [2.45, 2.75) is 38.8 Å². The molecule has 1 saturated heterocycles. The van der Waals surface area contributed by atoms with Crippen molar-refractivity contribution in [2.75, 3.05) is 18.4 Å². The second-order valence-corrected chi connectivity index (χ2v) is 8.50. The van der Waals surface area contributed by atoms with E-state index >= 15 is 0 Å². The van der Waals surface area contributed by atoms with Gasteiger partial charge in [0, 0.05) is 48.8 Å². The van der Waals surface area contributed by atoms with Crippen LogP contribution in [0.4, 0.5) is 5.69 Å². The van der Waals surface area contributed by atoms with Crippen LogP contribution in [0.5, 0.6) is 0 Å². The lowest BCUT2D eigenvalue weighted by Gasteiger charge is -2.39. The highest BCUT2D eigenvalue weighted by atomic mass is 35.5. The van der Waals surface area contributed by atoms with Gasteiger partial charge in [-0.2, -0.15) is 0 Å². The summed E-state index contributed by atoms with van der Waals surface area (Å²) in [6.45, 7) is 5.93. The van der Waals surface area contributed by atoms with Gasteiger partial charge in [0.15, 0.2) is 0 Å². The van der Waals surface area contributed by atoms with Gasteiger partial charge in [-0.15, -0.1) is 0 Å². The van der Waals surface area contributed by atoms with Gasteiger partial charge in [0.2, 0.25) is 0 Å². The van der Waals surface area contributed by atoms with Gasteiger partial charge < -0.3 is 10.1 Å². The zero-order chi connectivity index (χ0) is 21.3. The van der Waals surface area contributed by atoms with Gasteiger partial charge in [-0.3, -0.25) is 9.69 Å². The standard InChI is InChI=1S/C24H25ClN2O3/c1-16-8-9-19(25)14-20(16)26-22(28)21-17(2)23(29)30-24(21)10-12-27(13-11-24)15-18-6-4-3-5-7-18/h3-9,14H,10-13,15H2,1-2H3,(H,26,28). The largest absolute Gasteiger partial charge is 0.450 e. The predicted octanol–water partition coefficient (Wildman–Crippen LogP) is 4.50. The molecule has 0 saturated carbocycles. The lowest BCUT2D eigenvalue weighted by molar-refractivity contribution is -0.150. The van der Waals surface area contributed by atoms with Gasteiger partial charge in [-0.1, -0.05) is 48.0 Å². The van der Waals surface area contributed by atoms with E-state index in [1.165, 1.54) is 5.56 Å². The van der Waals surface area contributed by atoms with Gasteiger partial charge in [0.05, 0.1) is 5.57 Å². The molecule has 1 spiro atoms. The molecule has 2 heterocycles. The number of carbonyl (C=O) groups excluding carboxylic acids is 2. The normalized spacial score (nSPS) is 18.6. The van der Waals surface area contributed by atoms with E-state index in [2.05, 4.69) is 22.3 Å². The Kier molecular flexibility index (Phi) is 5.67. The summed E-state index contributed by atoms with van der Waals surface area (Å²) in [6.07, 6.45) is 1.19. The fourth-order valence-corrected chi connectivity index (χ4v) is 4.48. The van der Waals surface area contributed by atoms with Crippen LogP contribution in [0, 0.1) is 6.92 Å². The van der Waals surface area contributed by atoms with E-state index in [-0.39, 0.29) is 5.91 Å². The molecule has 2 aromatic rings. The number of likely N-dealkylation sites (tertiary alicyclic amines) is 1. The molecule has 156 valence electrons. The Bertz CT molecular complexity index is 1010. The molecule has 1 fully saturated rings. The van der Waals surface area contributed by atoms with Gasteiger partial charge in [-0.05, 0) is 37.1 Å². The Hall–Kier alpha value is -2.63. The fourth-order valence-electron chi connectivity index (χ4n) is 4.31. The van der Waals surface area contributed by atoms with Crippen LogP contribution >= 0.6 is 11.6 Å². The van der Waals surface area contributed by atoms with Gasteiger partial charge >= 0.3 is 5.97 Å². The first-order valence-corrected chi connectivity index (χ1v) is 10.5. The van der Waals surface area contributed by atoms with Crippen LogP contribution in [0.15, 0.2) is 59.7 Å². The molecule has 1 N–H and O–H groups in total. The minimum atomic E-state index is -0.856. The summed E-state index contributed by atoms with van der Waals surface area (Å²) in [4.78, 5) is 28.0. The highest BCUT2D eigenvalue weighted by molar-refractivity contribution is 6.31. The van der Waals surface area contributed by atoms with Crippen molar-refractivity contribution in [3.8, 4) is 0 Å². The van der Waals surface area contributed by atoms with Crippen LogP contribution in [0.2, 0.25) is 5.02 Å². The summed E-state index contributed by atoms with van der Waals surface area (Å²) in [6, 6.07) is 15.6. The van der Waals surface area contributed by atoms with E-state index in [9.17, 15) is 9.59 Å². The van der Waals surface area contributed by atoms with Crippen molar-refractivity contribution in [2.24, 2.45) is 0 Å². The summed E-state index contributed by atoms with van der Waals surface area (Å²) in [7, 11) is 0. The van der Waals surface area contributed by atoms with Gasteiger partial charge in [0.25, 0.3) is 5.91 Å².